The highest BCUT2D eigenvalue weighted by Crippen LogP contribution is 2.26. The number of halogens is 2. The van der Waals surface area contributed by atoms with Gasteiger partial charge in [-0.3, -0.25) is 14.8 Å². The molecule has 0 bridgehead atoms. The third kappa shape index (κ3) is 2.98. The summed E-state index contributed by atoms with van der Waals surface area (Å²) in [5, 5.41) is 0.495. The molecule has 0 spiro atoms. The molecule has 0 radical (unpaired) electrons. The van der Waals surface area contributed by atoms with Gasteiger partial charge in [0, 0.05) is 36.3 Å². The molecule has 6 heteroatoms. The van der Waals surface area contributed by atoms with Crippen molar-refractivity contribution in [3.8, 4) is 11.1 Å². The van der Waals surface area contributed by atoms with E-state index in [-0.39, 0.29) is 18.3 Å². The number of aromatic nitrogens is 2. The van der Waals surface area contributed by atoms with Crippen LogP contribution in [0.1, 0.15) is 21.6 Å². The minimum Gasteiger partial charge on any atom is -0.328 e. The molecule has 1 amide bonds. The summed E-state index contributed by atoms with van der Waals surface area (Å²) in [6.45, 7) is 0.601. The van der Waals surface area contributed by atoms with E-state index in [9.17, 15) is 9.18 Å². The largest absolute Gasteiger partial charge is 0.328 e. The highest BCUT2D eigenvalue weighted by Gasteiger charge is 2.28. The van der Waals surface area contributed by atoms with E-state index in [4.69, 9.17) is 11.6 Å². The molecule has 25 heavy (non-hydrogen) atoms. The van der Waals surface area contributed by atoms with E-state index in [1.807, 2.05) is 0 Å². The Morgan fingerprint density at radius 1 is 1.16 bits per heavy atom. The zero-order chi connectivity index (χ0) is 17.4. The Morgan fingerprint density at radius 3 is 2.80 bits per heavy atom. The van der Waals surface area contributed by atoms with Crippen molar-refractivity contribution in [1.82, 2.24) is 14.9 Å². The molecule has 3 aromatic rings. The Bertz CT molecular complexity index is 976. The van der Waals surface area contributed by atoms with Crippen LogP contribution < -0.4 is 0 Å². The maximum atomic E-state index is 14.5. The zero-order valence-electron chi connectivity index (χ0n) is 13.1. The van der Waals surface area contributed by atoms with Crippen molar-refractivity contribution in [3.05, 3.63) is 82.6 Å². The van der Waals surface area contributed by atoms with Crippen molar-refractivity contribution in [3.63, 3.8) is 0 Å². The van der Waals surface area contributed by atoms with Crippen LogP contribution in [0.5, 0.6) is 0 Å². The quantitative estimate of drug-likeness (QED) is 0.712. The monoisotopic (exact) mass is 353 g/mol. The SMILES string of the molecule is O=C1c2cccnc2CN1Cc1ccc(-c2cncc(Cl)c2)cc1F. The molecule has 0 saturated heterocycles. The second-order valence-electron chi connectivity index (χ2n) is 5.86. The molecule has 0 fully saturated rings. The van der Waals surface area contributed by atoms with Crippen LogP contribution in [-0.2, 0) is 13.1 Å². The second-order valence-corrected chi connectivity index (χ2v) is 6.29. The molecule has 4 rings (SSSR count). The van der Waals surface area contributed by atoms with Gasteiger partial charge in [-0.1, -0.05) is 23.7 Å². The predicted octanol–water partition coefficient (Wildman–Crippen LogP) is 4.09. The van der Waals surface area contributed by atoms with Crippen LogP contribution in [0.4, 0.5) is 4.39 Å². The Hall–Kier alpha value is -2.79. The van der Waals surface area contributed by atoms with E-state index in [1.54, 1.807) is 47.6 Å². The van der Waals surface area contributed by atoms with E-state index in [2.05, 4.69) is 9.97 Å². The summed E-state index contributed by atoms with van der Waals surface area (Å²) >= 11 is 5.93. The van der Waals surface area contributed by atoms with Crippen LogP contribution in [0.25, 0.3) is 11.1 Å². The van der Waals surface area contributed by atoms with E-state index < -0.39 is 0 Å². The van der Waals surface area contributed by atoms with Crippen molar-refractivity contribution >= 4 is 17.5 Å². The van der Waals surface area contributed by atoms with Gasteiger partial charge in [0.25, 0.3) is 5.91 Å². The lowest BCUT2D eigenvalue weighted by atomic mass is 10.0. The van der Waals surface area contributed by atoms with Crippen LogP contribution in [-0.4, -0.2) is 20.8 Å². The van der Waals surface area contributed by atoms with Gasteiger partial charge in [0.05, 0.1) is 22.8 Å². The number of carbonyl (C=O) groups is 1. The van der Waals surface area contributed by atoms with Gasteiger partial charge in [0.2, 0.25) is 0 Å². The average molecular weight is 354 g/mol. The van der Waals surface area contributed by atoms with Crippen LogP contribution >= 0.6 is 11.6 Å². The normalized spacial score (nSPS) is 13.2. The number of pyridine rings is 2. The Labute approximate surface area is 148 Å². The van der Waals surface area contributed by atoms with E-state index in [0.717, 1.165) is 11.3 Å². The number of hydrogen-bond donors (Lipinski definition) is 0. The standard InChI is InChI=1S/C19H13ClFN3O/c20-15-6-14(8-22-9-15)12-3-4-13(17(21)7-12)10-24-11-18-16(19(24)25)2-1-5-23-18/h1-9H,10-11H2. The van der Waals surface area contributed by atoms with Crippen LogP contribution in [0.2, 0.25) is 5.02 Å². The smallest absolute Gasteiger partial charge is 0.256 e. The first-order valence-corrected chi connectivity index (χ1v) is 8.12. The van der Waals surface area contributed by atoms with Gasteiger partial charge >= 0.3 is 0 Å². The number of rotatable bonds is 3. The zero-order valence-corrected chi connectivity index (χ0v) is 13.9. The summed E-state index contributed by atoms with van der Waals surface area (Å²) in [6.07, 6.45) is 4.82. The molecule has 1 aromatic carbocycles. The number of benzene rings is 1. The first-order chi connectivity index (χ1) is 12.1. The maximum absolute atomic E-state index is 14.5. The summed E-state index contributed by atoms with van der Waals surface area (Å²) < 4.78 is 14.5. The molecule has 0 atom stereocenters. The van der Waals surface area contributed by atoms with Gasteiger partial charge in [-0.15, -0.1) is 0 Å². The highest BCUT2D eigenvalue weighted by molar-refractivity contribution is 6.30. The van der Waals surface area contributed by atoms with Crippen LogP contribution in [0.15, 0.2) is 55.0 Å². The van der Waals surface area contributed by atoms with Gasteiger partial charge < -0.3 is 4.90 Å². The van der Waals surface area contributed by atoms with E-state index in [1.165, 1.54) is 12.3 Å². The molecule has 124 valence electrons. The Kier molecular flexibility index (Phi) is 3.93. The first kappa shape index (κ1) is 15.7. The van der Waals surface area contributed by atoms with E-state index >= 15 is 0 Å². The number of fused-ring (bicyclic) bond motifs is 1. The van der Waals surface area contributed by atoms with Crippen molar-refractivity contribution in [2.24, 2.45) is 0 Å². The third-order valence-corrected chi connectivity index (χ3v) is 4.41. The summed E-state index contributed by atoms with van der Waals surface area (Å²) in [6, 6.07) is 10.1. The Morgan fingerprint density at radius 2 is 2.04 bits per heavy atom. The molecule has 0 aliphatic carbocycles. The van der Waals surface area contributed by atoms with Gasteiger partial charge in [-0.2, -0.15) is 0 Å². The number of nitrogens with zero attached hydrogens (tertiary/aromatic N) is 3. The molecule has 0 unspecified atom stereocenters. The van der Waals surface area contributed by atoms with E-state index in [0.29, 0.717) is 28.3 Å². The molecular formula is C19H13ClFN3O. The summed E-state index contributed by atoms with van der Waals surface area (Å²) in [5.74, 6) is -0.486. The average Bonchev–Trinajstić information content (AvgIpc) is 2.93. The molecule has 3 heterocycles. The van der Waals surface area contributed by atoms with Gasteiger partial charge in [0.1, 0.15) is 5.82 Å². The lowest BCUT2D eigenvalue weighted by molar-refractivity contribution is 0.0765. The fourth-order valence-electron chi connectivity index (χ4n) is 2.94. The fraction of sp³-hybridized carbons (Fsp3) is 0.105. The molecule has 4 nitrogen and oxygen atoms in total. The number of amides is 1. The fourth-order valence-corrected chi connectivity index (χ4v) is 3.11. The van der Waals surface area contributed by atoms with Gasteiger partial charge in [-0.05, 0) is 29.8 Å². The minimum atomic E-state index is -0.366. The maximum Gasteiger partial charge on any atom is 0.256 e. The molecule has 0 N–H and O–H groups in total. The lowest BCUT2D eigenvalue weighted by Crippen LogP contribution is -2.23. The lowest BCUT2D eigenvalue weighted by Gasteiger charge is -2.16. The summed E-state index contributed by atoms with van der Waals surface area (Å²) in [7, 11) is 0. The van der Waals surface area contributed by atoms with Crippen molar-refractivity contribution in [2.45, 2.75) is 13.1 Å². The molecule has 1 aliphatic heterocycles. The molecular weight excluding hydrogens is 341 g/mol. The topological polar surface area (TPSA) is 46.1 Å². The van der Waals surface area contributed by atoms with Gasteiger partial charge in [-0.25, -0.2) is 4.39 Å². The minimum absolute atomic E-state index is 0.120. The van der Waals surface area contributed by atoms with Crippen molar-refractivity contribution in [2.75, 3.05) is 0 Å². The summed E-state index contributed by atoms with van der Waals surface area (Å²) in [5.41, 5.74) is 3.21. The van der Waals surface area contributed by atoms with Gasteiger partial charge in [0.15, 0.2) is 0 Å². The van der Waals surface area contributed by atoms with Crippen molar-refractivity contribution < 1.29 is 9.18 Å². The van der Waals surface area contributed by atoms with Crippen molar-refractivity contribution in [1.29, 1.82) is 0 Å². The summed E-state index contributed by atoms with van der Waals surface area (Å²) in [4.78, 5) is 22.2. The second kappa shape index (κ2) is 6.26. The number of carbonyl (C=O) groups excluding carboxylic acids is 1. The molecule has 0 saturated carbocycles. The predicted molar refractivity (Wildman–Crippen MR) is 92.5 cm³/mol. The highest BCUT2D eigenvalue weighted by atomic mass is 35.5. The third-order valence-electron chi connectivity index (χ3n) is 4.20. The molecule has 1 aliphatic rings. The van der Waals surface area contributed by atoms with Crippen LogP contribution in [0.3, 0.4) is 0 Å². The Balaban J connectivity index is 1.58. The number of hydrogen-bond acceptors (Lipinski definition) is 3. The molecule has 2 aromatic heterocycles. The first-order valence-electron chi connectivity index (χ1n) is 7.74. The van der Waals surface area contributed by atoms with Crippen LogP contribution in [0, 0.1) is 5.82 Å².